The predicted octanol–water partition coefficient (Wildman–Crippen LogP) is 5.19. The highest BCUT2D eigenvalue weighted by Crippen LogP contribution is 2.32. The van der Waals surface area contributed by atoms with E-state index in [9.17, 15) is 9.59 Å². The molecule has 0 bridgehead atoms. The number of rotatable bonds is 8. The molecule has 1 heterocycles. The van der Waals surface area contributed by atoms with Crippen LogP contribution in [0.15, 0.2) is 60.8 Å². The standard InChI is InChI=1S/C27H32ClN3O3/c1-27(34-26(29)33,17-20-18-30-23-13-7-5-11-21(20)23)25(32)31(24-14-8-6-12-22(24)28)16-15-19-9-3-2-4-10-19/h2-5,7,9-11,13,18,22,24,30H,6,8,12,14-17H2,1H3,(H2,29,33). The Kier molecular flexibility index (Phi) is 7.47. The monoisotopic (exact) mass is 481 g/mol. The number of fused-ring (bicyclic) bond motifs is 1. The van der Waals surface area contributed by atoms with Gasteiger partial charge in [0.15, 0.2) is 5.60 Å². The lowest BCUT2D eigenvalue weighted by atomic mass is 9.89. The Bertz CT molecular complexity index is 1130. The number of alkyl halides is 1. The average Bonchev–Trinajstić information content (AvgIpc) is 3.23. The molecule has 0 aliphatic heterocycles. The minimum Gasteiger partial charge on any atom is -0.433 e. The molecule has 1 aromatic heterocycles. The smallest absolute Gasteiger partial charge is 0.405 e. The van der Waals surface area contributed by atoms with E-state index in [0.29, 0.717) is 13.0 Å². The van der Waals surface area contributed by atoms with Crippen molar-refractivity contribution in [2.75, 3.05) is 6.54 Å². The quantitative estimate of drug-likeness (QED) is 0.434. The number of nitrogens with two attached hydrogens (primary N) is 1. The van der Waals surface area contributed by atoms with E-state index < -0.39 is 11.7 Å². The molecule has 1 fully saturated rings. The van der Waals surface area contributed by atoms with Gasteiger partial charge in [-0.05, 0) is 43.4 Å². The van der Waals surface area contributed by atoms with E-state index in [0.717, 1.165) is 47.7 Å². The lowest BCUT2D eigenvalue weighted by molar-refractivity contribution is -0.152. The highest BCUT2D eigenvalue weighted by Gasteiger charge is 2.44. The summed E-state index contributed by atoms with van der Waals surface area (Å²) >= 11 is 6.75. The zero-order valence-electron chi connectivity index (χ0n) is 19.5. The van der Waals surface area contributed by atoms with Crippen molar-refractivity contribution in [2.24, 2.45) is 5.73 Å². The summed E-state index contributed by atoms with van der Waals surface area (Å²) in [6.45, 7) is 2.14. The zero-order valence-corrected chi connectivity index (χ0v) is 20.3. The molecule has 4 rings (SSSR count). The maximum absolute atomic E-state index is 14.2. The van der Waals surface area contributed by atoms with E-state index in [1.54, 1.807) is 6.92 Å². The van der Waals surface area contributed by atoms with E-state index in [1.165, 1.54) is 0 Å². The Hall–Kier alpha value is -2.99. The second-order valence-electron chi connectivity index (χ2n) is 9.29. The molecule has 1 aliphatic carbocycles. The van der Waals surface area contributed by atoms with Gasteiger partial charge < -0.3 is 20.4 Å². The maximum atomic E-state index is 14.2. The molecule has 0 radical (unpaired) electrons. The van der Waals surface area contributed by atoms with E-state index >= 15 is 0 Å². The Morgan fingerprint density at radius 2 is 1.82 bits per heavy atom. The zero-order chi connectivity index (χ0) is 24.1. The summed E-state index contributed by atoms with van der Waals surface area (Å²) in [6, 6.07) is 17.8. The molecule has 1 aliphatic rings. The Balaban J connectivity index is 1.66. The van der Waals surface area contributed by atoms with Crippen molar-refractivity contribution in [3.05, 3.63) is 71.9 Å². The fourth-order valence-electron chi connectivity index (χ4n) is 5.05. The van der Waals surface area contributed by atoms with Crippen LogP contribution in [0.4, 0.5) is 4.79 Å². The number of H-pyrrole nitrogens is 1. The van der Waals surface area contributed by atoms with E-state index in [1.807, 2.05) is 65.7 Å². The molecule has 3 aromatic rings. The van der Waals surface area contributed by atoms with Crippen molar-refractivity contribution in [3.63, 3.8) is 0 Å². The van der Waals surface area contributed by atoms with Crippen LogP contribution in [-0.2, 0) is 22.4 Å². The number of hydrogen-bond donors (Lipinski definition) is 2. The third-order valence-corrected chi connectivity index (χ3v) is 7.28. The second-order valence-corrected chi connectivity index (χ2v) is 9.85. The van der Waals surface area contributed by atoms with Crippen molar-refractivity contribution in [1.29, 1.82) is 0 Å². The van der Waals surface area contributed by atoms with Crippen molar-refractivity contribution in [1.82, 2.24) is 9.88 Å². The number of carbonyl (C=O) groups is 2. The molecule has 1 saturated carbocycles. The van der Waals surface area contributed by atoms with E-state index in [4.69, 9.17) is 22.1 Å². The molecule has 6 nitrogen and oxygen atoms in total. The molecule has 2 aromatic carbocycles. The SMILES string of the molecule is CC(Cc1c[nH]c2ccccc12)(OC(N)=O)C(=O)N(CCc1ccccc1)C1CCCCC1Cl. The predicted molar refractivity (Wildman–Crippen MR) is 135 cm³/mol. The lowest BCUT2D eigenvalue weighted by Gasteiger charge is -2.41. The Morgan fingerprint density at radius 3 is 2.56 bits per heavy atom. The molecule has 0 spiro atoms. The highest BCUT2D eigenvalue weighted by atomic mass is 35.5. The largest absolute Gasteiger partial charge is 0.433 e. The minimum atomic E-state index is -1.46. The summed E-state index contributed by atoms with van der Waals surface area (Å²) in [5.41, 5.74) is 6.99. The first kappa shape index (κ1) is 24.1. The Labute approximate surface area is 205 Å². The fourth-order valence-corrected chi connectivity index (χ4v) is 5.47. The van der Waals surface area contributed by atoms with Crippen molar-refractivity contribution >= 4 is 34.5 Å². The van der Waals surface area contributed by atoms with Gasteiger partial charge >= 0.3 is 6.09 Å². The van der Waals surface area contributed by atoms with E-state index in [2.05, 4.69) is 4.98 Å². The number of nitrogens with one attached hydrogen (secondary N) is 1. The second kappa shape index (κ2) is 10.5. The number of nitrogens with zero attached hydrogens (tertiary/aromatic N) is 1. The summed E-state index contributed by atoms with van der Waals surface area (Å²) in [5.74, 6) is -0.259. The number of amides is 2. The van der Waals surface area contributed by atoms with Crippen LogP contribution in [0.2, 0.25) is 0 Å². The Morgan fingerprint density at radius 1 is 1.12 bits per heavy atom. The summed E-state index contributed by atoms with van der Waals surface area (Å²) < 4.78 is 5.57. The molecule has 0 saturated heterocycles. The van der Waals surface area contributed by atoms with Crippen LogP contribution in [0.5, 0.6) is 0 Å². The van der Waals surface area contributed by atoms with Crippen molar-refractivity contribution in [2.45, 2.75) is 62.5 Å². The number of carbonyl (C=O) groups excluding carboxylic acids is 2. The van der Waals surface area contributed by atoms with Crippen LogP contribution >= 0.6 is 11.6 Å². The number of ether oxygens (including phenoxy) is 1. The number of para-hydroxylation sites is 1. The molecule has 3 N–H and O–H groups in total. The fraction of sp³-hybridized carbons (Fsp3) is 0.407. The number of aromatic amines is 1. The number of hydrogen-bond acceptors (Lipinski definition) is 3. The molecule has 34 heavy (non-hydrogen) atoms. The summed E-state index contributed by atoms with van der Waals surface area (Å²) in [4.78, 5) is 31.2. The summed E-state index contributed by atoms with van der Waals surface area (Å²) in [6.07, 6.45) is 5.54. The number of primary amides is 1. The van der Waals surface area contributed by atoms with Gasteiger partial charge in [-0.3, -0.25) is 4.79 Å². The first-order chi connectivity index (χ1) is 16.4. The maximum Gasteiger partial charge on any atom is 0.405 e. The number of aromatic nitrogens is 1. The van der Waals surface area contributed by atoms with Gasteiger partial charge in [-0.25, -0.2) is 4.79 Å². The van der Waals surface area contributed by atoms with Gasteiger partial charge in [-0.1, -0.05) is 61.4 Å². The van der Waals surface area contributed by atoms with Crippen LogP contribution in [0.3, 0.4) is 0 Å². The first-order valence-corrected chi connectivity index (χ1v) is 12.3. The van der Waals surface area contributed by atoms with Crippen LogP contribution in [-0.4, -0.2) is 45.4 Å². The first-order valence-electron chi connectivity index (χ1n) is 11.9. The van der Waals surface area contributed by atoms with Crippen LogP contribution in [0.1, 0.15) is 43.7 Å². The molecular formula is C27H32ClN3O3. The van der Waals surface area contributed by atoms with Gasteiger partial charge in [0, 0.05) is 36.1 Å². The molecule has 3 atom stereocenters. The normalized spacial score (nSPS) is 19.9. The number of halogens is 1. The van der Waals surface area contributed by atoms with Crippen molar-refractivity contribution < 1.29 is 14.3 Å². The number of benzene rings is 2. The van der Waals surface area contributed by atoms with Gasteiger partial charge in [0.05, 0.1) is 5.38 Å². The molecular weight excluding hydrogens is 450 g/mol. The van der Waals surface area contributed by atoms with Crippen LogP contribution in [0, 0.1) is 0 Å². The van der Waals surface area contributed by atoms with Crippen LogP contribution in [0.25, 0.3) is 10.9 Å². The summed E-state index contributed by atoms with van der Waals surface area (Å²) in [5, 5.41) is 0.845. The van der Waals surface area contributed by atoms with Crippen molar-refractivity contribution in [3.8, 4) is 0 Å². The summed E-state index contributed by atoms with van der Waals surface area (Å²) in [7, 11) is 0. The molecule has 2 amide bonds. The molecule has 7 heteroatoms. The lowest BCUT2D eigenvalue weighted by Crippen LogP contribution is -2.57. The van der Waals surface area contributed by atoms with Gasteiger partial charge in [0.2, 0.25) is 0 Å². The van der Waals surface area contributed by atoms with Gasteiger partial charge in [0.1, 0.15) is 0 Å². The highest BCUT2D eigenvalue weighted by molar-refractivity contribution is 6.21. The third kappa shape index (κ3) is 5.39. The molecule has 3 unspecified atom stereocenters. The van der Waals surface area contributed by atoms with Crippen LogP contribution < -0.4 is 5.73 Å². The van der Waals surface area contributed by atoms with Gasteiger partial charge in [-0.2, -0.15) is 0 Å². The topological polar surface area (TPSA) is 88.4 Å². The van der Waals surface area contributed by atoms with Gasteiger partial charge in [0.25, 0.3) is 5.91 Å². The minimum absolute atomic E-state index is 0.120. The third-order valence-electron chi connectivity index (χ3n) is 6.77. The molecule has 180 valence electrons. The average molecular weight is 482 g/mol. The van der Waals surface area contributed by atoms with Gasteiger partial charge in [-0.15, -0.1) is 11.6 Å². The van der Waals surface area contributed by atoms with E-state index in [-0.39, 0.29) is 23.7 Å².